The summed E-state index contributed by atoms with van der Waals surface area (Å²) in [4.78, 5) is 25.4. The van der Waals surface area contributed by atoms with E-state index in [9.17, 15) is 60.7 Å². The van der Waals surface area contributed by atoms with E-state index < -0.39 is 71.9 Å². The summed E-state index contributed by atoms with van der Waals surface area (Å²) in [7, 11) is 2.84. The summed E-state index contributed by atoms with van der Waals surface area (Å²) in [5.41, 5.74) is 1.56. The van der Waals surface area contributed by atoms with E-state index >= 15 is 0 Å². The highest BCUT2D eigenvalue weighted by atomic mass is 16.6. The minimum atomic E-state index is -1.62. The number of aromatic hydroxyl groups is 6. The zero-order valence-corrected chi connectivity index (χ0v) is 36.8. The van der Waals surface area contributed by atoms with Crippen molar-refractivity contribution in [2.24, 2.45) is 0 Å². The highest BCUT2D eigenvalue weighted by Gasteiger charge is 2.43. The van der Waals surface area contributed by atoms with Crippen LogP contribution in [0.4, 0.5) is 0 Å². The predicted molar refractivity (Wildman–Crippen MR) is 239 cm³/mol. The molecule has 10 rings (SSSR count). The molecule has 10 N–H and O–H groups in total. The Bertz CT molecular complexity index is 2810. The zero-order valence-electron chi connectivity index (χ0n) is 36.8. The van der Waals surface area contributed by atoms with Gasteiger partial charge >= 0.3 is 0 Å². The van der Waals surface area contributed by atoms with Gasteiger partial charge in [-0.25, -0.2) is 0 Å². The zero-order chi connectivity index (χ0) is 49.7. The lowest BCUT2D eigenvalue weighted by atomic mass is 9.92. The number of aliphatic hydroxyl groups excluding tert-OH is 4. The molecular weight excluding hydrogens is 921 g/mol. The van der Waals surface area contributed by atoms with Crippen LogP contribution in [-0.2, 0) is 0 Å². The van der Waals surface area contributed by atoms with Gasteiger partial charge in [-0.05, 0) is 59.7 Å². The third kappa shape index (κ3) is 8.49. The van der Waals surface area contributed by atoms with Crippen molar-refractivity contribution in [2.45, 2.75) is 48.8 Å². The fourth-order valence-corrected chi connectivity index (χ4v) is 8.56. The topological polar surface area (TPSA) is 310 Å². The van der Waals surface area contributed by atoms with Gasteiger partial charge in [-0.2, -0.15) is 0 Å². The molecule has 0 amide bonds. The first kappa shape index (κ1) is 46.8. The molecule has 4 aliphatic heterocycles. The summed E-state index contributed by atoms with van der Waals surface area (Å²) < 4.78 is 45.9. The Balaban J connectivity index is 0.000000174. The van der Waals surface area contributed by atoms with Gasteiger partial charge in [0.05, 0.1) is 27.4 Å². The number of fused-ring (bicyclic) bond motifs is 4. The first-order valence-corrected chi connectivity index (χ1v) is 21.4. The molecule has 0 spiro atoms. The highest BCUT2D eigenvalue weighted by molar-refractivity contribution is 6.06. The maximum Gasteiger partial charge on any atom is 0.202 e. The smallest absolute Gasteiger partial charge is 0.202 e. The molecular formula is C50H44O20. The quantitative estimate of drug-likeness (QED) is 0.0986. The second kappa shape index (κ2) is 18.7. The van der Waals surface area contributed by atoms with Crippen LogP contribution in [0.3, 0.4) is 0 Å². The molecule has 4 aliphatic rings. The number of ketones is 2. The SMILES string of the molecule is COc1cc(C2Oc3ccc(C4Oc5cc(O)cc(O)c5C(=O)C4O)cc3OC2CO)ccc1O.COc1cc(C2Oc3ccc(C4Oc5cc(O)cc(O)c5C(=O)C4O)cc3OC2CO)ccc1O. The van der Waals surface area contributed by atoms with Crippen molar-refractivity contribution in [3.05, 3.63) is 130 Å². The maximum atomic E-state index is 12.7. The van der Waals surface area contributed by atoms with E-state index in [1.54, 1.807) is 48.5 Å². The van der Waals surface area contributed by atoms with Gasteiger partial charge in [0.1, 0.15) is 45.6 Å². The monoisotopic (exact) mass is 964 g/mol. The molecule has 0 radical (unpaired) electrons. The van der Waals surface area contributed by atoms with Crippen LogP contribution in [0.15, 0.2) is 97.1 Å². The third-order valence-electron chi connectivity index (χ3n) is 12.0. The van der Waals surface area contributed by atoms with E-state index in [0.29, 0.717) is 33.8 Å². The second-order valence-electron chi connectivity index (χ2n) is 16.4. The molecule has 0 aromatic heterocycles. The van der Waals surface area contributed by atoms with E-state index in [-0.39, 0.29) is 81.8 Å². The van der Waals surface area contributed by atoms with Crippen LogP contribution >= 0.6 is 0 Å². The summed E-state index contributed by atoms with van der Waals surface area (Å²) in [6.45, 7) is -0.769. The van der Waals surface area contributed by atoms with Crippen molar-refractivity contribution in [1.82, 2.24) is 0 Å². The van der Waals surface area contributed by atoms with Crippen molar-refractivity contribution < 1.29 is 98.5 Å². The number of ether oxygens (including phenoxy) is 8. The molecule has 364 valence electrons. The maximum absolute atomic E-state index is 12.7. The molecule has 0 aliphatic carbocycles. The van der Waals surface area contributed by atoms with Gasteiger partial charge in [-0.3, -0.25) is 9.59 Å². The van der Waals surface area contributed by atoms with Gasteiger partial charge in [-0.15, -0.1) is 0 Å². The molecule has 6 aromatic carbocycles. The van der Waals surface area contributed by atoms with E-state index in [4.69, 9.17) is 37.9 Å². The van der Waals surface area contributed by atoms with Crippen LogP contribution in [0.5, 0.6) is 80.5 Å². The fourth-order valence-electron chi connectivity index (χ4n) is 8.56. The van der Waals surface area contributed by atoms with E-state index in [2.05, 4.69) is 0 Å². The van der Waals surface area contributed by atoms with Gasteiger partial charge in [0.2, 0.25) is 11.6 Å². The summed E-state index contributed by atoms with van der Waals surface area (Å²) in [5.74, 6) is -1.58. The number of rotatable bonds is 8. The number of Topliss-reactive ketones (excluding diaryl/α,β-unsaturated/α-hetero) is 2. The average Bonchev–Trinajstić information content (AvgIpc) is 3.35. The Labute approximate surface area is 396 Å². The first-order valence-electron chi connectivity index (χ1n) is 21.4. The Morgan fingerprint density at radius 2 is 0.771 bits per heavy atom. The first-order chi connectivity index (χ1) is 33.6. The Hall–Kier alpha value is -8.30. The Morgan fingerprint density at radius 1 is 0.414 bits per heavy atom. The van der Waals surface area contributed by atoms with E-state index in [1.807, 2.05) is 0 Å². The van der Waals surface area contributed by atoms with Crippen molar-refractivity contribution in [3.8, 4) is 80.5 Å². The van der Waals surface area contributed by atoms with E-state index in [1.165, 1.54) is 50.6 Å². The van der Waals surface area contributed by atoms with Gasteiger partial charge in [0.15, 0.2) is 94.8 Å². The average molecular weight is 965 g/mol. The van der Waals surface area contributed by atoms with Crippen LogP contribution in [0.2, 0.25) is 0 Å². The number of hydrogen-bond donors (Lipinski definition) is 10. The van der Waals surface area contributed by atoms with Gasteiger partial charge in [0.25, 0.3) is 0 Å². The number of phenols is 6. The van der Waals surface area contributed by atoms with Crippen LogP contribution in [-0.4, -0.2) is 114 Å². The van der Waals surface area contributed by atoms with Gasteiger partial charge in [0, 0.05) is 35.4 Å². The van der Waals surface area contributed by atoms with Gasteiger partial charge in [-0.1, -0.05) is 24.3 Å². The number of methoxy groups -OCH3 is 2. The number of benzene rings is 6. The molecule has 0 fully saturated rings. The largest absolute Gasteiger partial charge is 0.508 e. The molecule has 0 saturated heterocycles. The summed E-state index contributed by atoms with van der Waals surface area (Å²) in [5, 5.41) is 100. The molecule has 8 atom stereocenters. The van der Waals surface area contributed by atoms with Crippen molar-refractivity contribution in [1.29, 1.82) is 0 Å². The molecule has 0 bridgehead atoms. The van der Waals surface area contributed by atoms with E-state index in [0.717, 1.165) is 12.1 Å². The second-order valence-corrected chi connectivity index (χ2v) is 16.4. The third-order valence-corrected chi connectivity index (χ3v) is 12.0. The Kier molecular flexibility index (Phi) is 12.5. The molecule has 70 heavy (non-hydrogen) atoms. The predicted octanol–water partition coefficient (Wildman–Crippen LogP) is 4.73. The van der Waals surface area contributed by atoms with Crippen LogP contribution < -0.4 is 37.9 Å². The van der Waals surface area contributed by atoms with Gasteiger partial charge < -0.3 is 89.0 Å². The van der Waals surface area contributed by atoms with Crippen LogP contribution in [0, 0.1) is 0 Å². The summed E-state index contributed by atoms with van der Waals surface area (Å²) in [6, 6.07) is 23.1. The fraction of sp³-hybridized carbons (Fsp3) is 0.240. The lowest BCUT2D eigenvalue weighted by Crippen LogP contribution is -2.37. The Morgan fingerprint density at radius 3 is 1.14 bits per heavy atom. The number of aliphatic hydroxyl groups is 4. The summed E-state index contributed by atoms with van der Waals surface area (Å²) in [6.07, 6.45) is -8.54. The van der Waals surface area contributed by atoms with Crippen LogP contribution in [0.25, 0.3) is 0 Å². The van der Waals surface area contributed by atoms with Crippen molar-refractivity contribution in [2.75, 3.05) is 27.4 Å². The minimum absolute atomic E-state index is 0.0395. The lowest BCUT2D eigenvalue weighted by Gasteiger charge is -2.35. The minimum Gasteiger partial charge on any atom is -0.508 e. The molecule has 20 heteroatoms. The normalized spacial score (nSPS) is 22.8. The van der Waals surface area contributed by atoms with Crippen molar-refractivity contribution >= 4 is 11.6 Å². The van der Waals surface area contributed by atoms with Crippen LogP contribution in [0.1, 0.15) is 67.4 Å². The standard InChI is InChI=1S/2C25H22O10/c2*1-32-17-6-11(2-4-14(17)28)24-20(10-26)33-18-7-12(3-5-16(18)34-24)25-23(31)22(30)21-15(29)8-13(27)9-19(21)35-25/h2*2-9,20,23-29,31H,10H2,1H3. The molecule has 8 unspecified atom stereocenters. The number of hydrogen-bond acceptors (Lipinski definition) is 20. The molecule has 20 nitrogen and oxygen atoms in total. The van der Waals surface area contributed by atoms with Crippen molar-refractivity contribution in [3.63, 3.8) is 0 Å². The summed E-state index contributed by atoms with van der Waals surface area (Å²) >= 11 is 0. The lowest BCUT2D eigenvalue weighted by molar-refractivity contribution is -0.0131. The number of carbonyl (C=O) groups is 2. The number of phenolic OH excluding ortho intramolecular Hbond substituents is 6. The molecule has 0 saturated carbocycles. The number of carbonyl (C=O) groups excluding carboxylic acids is 2. The molecule has 6 aromatic rings. The molecule has 4 heterocycles. The highest BCUT2D eigenvalue weighted by Crippen LogP contribution is 2.48.